The van der Waals surface area contributed by atoms with Crippen LogP contribution in [0.4, 0.5) is 16.2 Å². The first-order valence-corrected chi connectivity index (χ1v) is 8.25. The number of nitrogens with zero attached hydrogens (tertiary/aromatic N) is 2. The van der Waals surface area contributed by atoms with E-state index in [1.54, 1.807) is 4.90 Å². The molecule has 0 saturated carbocycles. The Morgan fingerprint density at radius 1 is 1.08 bits per heavy atom. The molecule has 0 bridgehead atoms. The fourth-order valence-electron chi connectivity index (χ4n) is 2.82. The summed E-state index contributed by atoms with van der Waals surface area (Å²) in [4.78, 5) is 16.0. The molecule has 7 nitrogen and oxygen atoms in total. The molecule has 0 aliphatic carbocycles. The van der Waals surface area contributed by atoms with Crippen LogP contribution < -0.4 is 20.1 Å². The van der Waals surface area contributed by atoms with Gasteiger partial charge in [-0.05, 0) is 20.8 Å². The highest BCUT2D eigenvalue weighted by atomic mass is 16.6. The maximum Gasteiger partial charge on any atom is 0.410 e. The van der Waals surface area contributed by atoms with Crippen molar-refractivity contribution in [2.45, 2.75) is 26.4 Å². The van der Waals surface area contributed by atoms with Crippen molar-refractivity contribution in [3.05, 3.63) is 12.1 Å². The van der Waals surface area contributed by atoms with E-state index in [-0.39, 0.29) is 6.09 Å². The summed E-state index contributed by atoms with van der Waals surface area (Å²) in [5.74, 6) is 1.41. The van der Waals surface area contributed by atoms with Crippen LogP contribution in [0.2, 0.25) is 0 Å². The molecular weight excluding hydrogens is 310 g/mol. The topological polar surface area (TPSA) is 77.3 Å². The molecule has 0 radical (unpaired) electrons. The van der Waals surface area contributed by atoms with Crippen LogP contribution in [-0.2, 0) is 4.74 Å². The Labute approximate surface area is 142 Å². The minimum absolute atomic E-state index is 0.266. The van der Waals surface area contributed by atoms with Crippen molar-refractivity contribution < 1.29 is 19.0 Å². The highest BCUT2D eigenvalue weighted by molar-refractivity contribution is 5.74. The van der Waals surface area contributed by atoms with Gasteiger partial charge in [0, 0.05) is 38.3 Å². The van der Waals surface area contributed by atoms with Gasteiger partial charge >= 0.3 is 6.09 Å². The van der Waals surface area contributed by atoms with E-state index >= 15 is 0 Å². The number of amides is 1. The second kappa shape index (κ2) is 6.30. The van der Waals surface area contributed by atoms with Crippen molar-refractivity contribution in [3.63, 3.8) is 0 Å². The van der Waals surface area contributed by atoms with E-state index in [0.717, 1.165) is 11.4 Å². The Bertz CT molecular complexity index is 619. The molecule has 0 aromatic heterocycles. The summed E-state index contributed by atoms with van der Waals surface area (Å²) < 4.78 is 16.6. The summed E-state index contributed by atoms with van der Waals surface area (Å²) in [6.07, 6.45) is -0.266. The van der Waals surface area contributed by atoms with Crippen LogP contribution in [0.15, 0.2) is 12.1 Å². The molecule has 1 saturated heterocycles. The maximum atomic E-state index is 12.1. The summed E-state index contributed by atoms with van der Waals surface area (Å²) in [5, 5.41) is 0. The second-order valence-corrected chi connectivity index (χ2v) is 7.01. The summed E-state index contributed by atoms with van der Waals surface area (Å²) in [5.41, 5.74) is 7.27. The van der Waals surface area contributed by atoms with Crippen LogP contribution in [0.25, 0.3) is 0 Å². The van der Waals surface area contributed by atoms with E-state index in [0.29, 0.717) is 50.8 Å². The number of benzene rings is 1. The largest absolute Gasteiger partial charge is 0.486 e. The lowest BCUT2D eigenvalue weighted by atomic mass is 10.2. The molecule has 1 fully saturated rings. The average molecular weight is 335 g/mol. The summed E-state index contributed by atoms with van der Waals surface area (Å²) >= 11 is 0. The van der Waals surface area contributed by atoms with E-state index < -0.39 is 5.60 Å². The van der Waals surface area contributed by atoms with E-state index in [9.17, 15) is 4.79 Å². The Morgan fingerprint density at radius 2 is 1.67 bits per heavy atom. The SMILES string of the molecule is CC(C)(C)OC(=O)N1CCN(c2cc3c(cc2N)OCCO3)CC1. The number of hydrogen-bond acceptors (Lipinski definition) is 6. The van der Waals surface area contributed by atoms with Crippen LogP contribution in [0.5, 0.6) is 11.5 Å². The predicted octanol–water partition coefficient (Wildman–Crippen LogP) is 2.10. The summed E-state index contributed by atoms with van der Waals surface area (Å²) in [6, 6.07) is 3.73. The summed E-state index contributed by atoms with van der Waals surface area (Å²) in [7, 11) is 0. The molecule has 132 valence electrons. The molecule has 0 spiro atoms. The molecule has 1 aromatic carbocycles. The standard InChI is InChI=1S/C17H25N3O4/c1-17(2,3)24-16(21)20-6-4-19(5-7-20)13-11-15-14(10-12(13)18)22-8-9-23-15/h10-11H,4-9,18H2,1-3H3. The van der Waals surface area contributed by atoms with Gasteiger partial charge in [0.15, 0.2) is 11.5 Å². The van der Waals surface area contributed by atoms with Gasteiger partial charge in [0.1, 0.15) is 18.8 Å². The number of carbonyl (C=O) groups is 1. The van der Waals surface area contributed by atoms with Crippen molar-refractivity contribution in [3.8, 4) is 11.5 Å². The quantitative estimate of drug-likeness (QED) is 0.792. The first-order valence-electron chi connectivity index (χ1n) is 8.25. The fourth-order valence-corrected chi connectivity index (χ4v) is 2.82. The van der Waals surface area contributed by atoms with Crippen molar-refractivity contribution in [2.75, 3.05) is 50.0 Å². The molecule has 24 heavy (non-hydrogen) atoms. The van der Waals surface area contributed by atoms with Gasteiger partial charge in [-0.1, -0.05) is 0 Å². The number of anilines is 2. The lowest BCUT2D eigenvalue weighted by Crippen LogP contribution is -2.50. The first-order chi connectivity index (χ1) is 11.3. The van der Waals surface area contributed by atoms with Gasteiger partial charge in [-0.15, -0.1) is 0 Å². The average Bonchev–Trinajstić information content (AvgIpc) is 2.53. The van der Waals surface area contributed by atoms with Crippen molar-refractivity contribution in [1.29, 1.82) is 0 Å². The zero-order valence-corrected chi connectivity index (χ0v) is 14.5. The Hall–Kier alpha value is -2.31. The van der Waals surface area contributed by atoms with Crippen LogP contribution in [-0.4, -0.2) is 56.0 Å². The molecular formula is C17H25N3O4. The van der Waals surface area contributed by atoms with Gasteiger partial charge in [0.05, 0.1) is 11.4 Å². The third-order valence-corrected chi connectivity index (χ3v) is 3.96. The van der Waals surface area contributed by atoms with Gasteiger partial charge in [0.25, 0.3) is 0 Å². The van der Waals surface area contributed by atoms with E-state index in [4.69, 9.17) is 19.9 Å². The monoisotopic (exact) mass is 335 g/mol. The Kier molecular flexibility index (Phi) is 4.34. The molecule has 0 atom stereocenters. The van der Waals surface area contributed by atoms with Gasteiger partial charge in [-0.2, -0.15) is 0 Å². The lowest BCUT2D eigenvalue weighted by Gasteiger charge is -2.37. The minimum atomic E-state index is -0.478. The highest BCUT2D eigenvalue weighted by Crippen LogP contribution is 2.38. The van der Waals surface area contributed by atoms with Gasteiger partial charge in [-0.3, -0.25) is 0 Å². The Morgan fingerprint density at radius 3 is 2.25 bits per heavy atom. The lowest BCUT2D eigenvalue weighted by molar-refractivity contribution is 0.0240. The first kappa shape index (κ1) is 16.5. The molecule has 2 aliphatic rings. The number of ether oxygens (including phenoxy) is 3. The highest BCUT2D eigenvalue weighted by Gasteiger charge is 2.27. The maximum absolute atomic E-state index is 12.1. The smallest absolute Gasteiger partial charge is 0.410 e. The predicted molar refractivity (Wildman–Crippen MR) is 91.9 cm³/mol. The molecule has 1 aromatic rings. The molecule has 1 amide bonds. The third-order valence-electron chi connectivity index (χ3n) is 3.96. The van der Waals surface area contributed by atoms with Crippen molar-refractivity contribution >= 4 is 17.5 Å². The normalized spacial score (nSPS) is 17.6. The zero-order chi connectivity index (χ0) is 17.3. The third kappa shape index (κ3) is 3.60. The fraction of sp³-hybridized carbons (Fsp3) is 0.588. The number of nitrogen functional groups attached to an aromatic ring is 1. The molecule has 2 N–H and O–H groups in total. The second-order valence-electron chi connectivity index (χ2n) is 7.01. The number of carbonyl (C=O) groups excluding carboxylic acids is 1. The van der Waals surface area contributed by atoms with Crippen LogP contribution >= 0.6 is 0 Å². The van der Waals surface area contributed by atoms with E-state index in [1.165, 1.54) is 0 Å². The number of nitrogens with two attached hydrogens (primary N) is 1. The molecule has 7 heteroatoms. The van der Waals surface area contributed by atoms with Crippen LogP contribution in [0, 0.1) is 0 Å². The zero-order valence-electron chi connectivity index (χ0n) is 14.5. The molecule has 0 unspecified atom stereocenters. The van der Waals surface area contributed by atoms with E-state index in [2.05, 4.69) is 4.90 Å². The number of hydrogen-bond donors (Lipinski definition) is 1. The van der Waals surface area contributed by atoms with Crippen LogP contribution in [0.1, 0.15) is 20.8 Å². The van der Waals surface area contributed by atoms with Gasteiger partial charge < -0.3 is 29.7 Å². The van der Waals surface area contributed by atoms with Crippen molar-refractivity contribution in [2.24, 2.45) is 0 Å². The van der Waals surface area contributed by atoms with Gasteiger partial charge in [-0.25, -0.2) is 4.79 Å². The number of rotatable bonds is 1. The van der Waals surface area contributed by atoms with E-state index in [1.807, 2.05) is 32.9 Å². The van der Waals surface area contributed by atoms with Crippen molar-refractivity contribution in [1.82, 2.24) is 4.90 Å². The molecule has 2 heterocycles. The Balaban J connectivity index is 1.66. The summed E-state index contributed by atoms with van der Waals surface area (Å²) in [6.45, 7) is 9.30. The number of fused-ring (bicyclic) bond motifs is 1. The number of piperazine rings is 1. The van der Waals surface area contributed by atoms with Gasteiger partial charge in [0.2, 0.25) is 0 Å². The molecule has 3 rings (SSSR count). The molecule has 2 aliphatic heterocycles. The minimum Gasteiger partial charge on any atom is -0.486 e. The van der Waals surface area contributed by atoms with Crippen LogP contribution in [0.3, 0.4) is 0 Å².